The van der Waals surface area contributed by atoms with Crippen molar-refractivity contribution in [3.8, 4) is 0 Å². The number of anilines is 1. The minimum absolute atomic E-state index is 0.244. The van der Waals surface area contributed by atoms with Crippen LogP contribution in [0.2, 0.25) is 5.02 Å². The van der Waals surface area contributed by atoms with Crippen LogP contribution in [0.25, 0.3) is 11.0 Å². The van der Waals surface area contributed by atoms with Crippen molar-refractivity contribution in [2.75, 3.05) is 5.73 Å². The van der Waals surface area contributed by atoms with Gasteiger partial charge in [-0.25, -0.2) is 0 Å². The Hall–Kier alpha value is -1.96. The zero-order valence-electron chi connectivity index (χ0n) is 8.48. The van der Waals surface area contributed by atoms with Crippen LogP contribution < -0.4 is 16.9 Å². The van der Waals surface area contributed by atoms with E-state index in [2.05, 4.69) is 0 Å². The molecular weight excluding hydrogens is 275 g/mol. The molecule has 0 bridgehead atoms. The average molecular weight is 280 g/mol. The van der Waals surface area contributed by atoms with Crippen LogP contribution in [0.4, 0.5) is 18.9 Å². The number of nitrogens with one attached hydrogen (secondary N) is 2. The van der Waals surface area contributed by atoms with Crippen LogP contribution in [-0.2, 0) is 6.18 Å². The highest BCUT2D eigenvalue weighted by atomic mass is 35.5. The number of H-pyrrole nitrogens is 2. The molecule has 0 radical (unpaired) electrons. The highest BCUT2D eigenvalue weighted by Gasteiger charge is 2.37. The molecular formula is C9H5ClF3N3O2. The molecule has 0 aliphatic heterocycles. The Kier molecular flexibility index (Phi) is 2.62. The van der Waals surface area contributed by atoms with Crippen molar-refractivity contribution in [3.05, 3.63) is 37.4 Å². The van der Waals surface area contributed by atoms with E-state index in [1.165, 1.54) is 0 Å². The monoisotopic (exact) mass is 279 g/mol. The molecule has 0 amide bonds. The molecule has 5 nitrogen and oxygen atoms in total. The number of nitrogens with two attached hydrogens (primary N) is 1. The molecule has 9 heteroatoms. The molecule has 1 aromatic heterocycles. The van der Waals surface area contributed by atoms with Gasteiger partial charge >= 0.3 is 17.3 Å². The Morgan fingerprint density at radius 1 is 1.17 bits per heavy atom. The van der Waals surface area contributed by atoms with E-state index >= 15 is 0 Å². The lowest BCUT2D eigenvalue weighted by Crippen LogP contribution is -2.30. The number of benzene rings is 1. The first-order chi connectivity index (χ1) is 8.21. The first-order valence-electron chi connectivity index (χ1n) is 4.53. The minimum Gasteiger partial charge on any atom is -0.397 e. The minimum atomic E-state index is -4.81. The van der Waals surface area contributed by atoms with Crippen LogP contribution in [0.1, 0.15) is 5.56 Å². The van der Waals surface area contributed by atoms with E-state index in [0.29, 0.717) is 0 Å². The van der Waals surface area contributed by atoms with Gasteiger partial charge in [0.1, 0.15) is 5.56 Å². The standard InChI is InChI=1S/C9H5ClF3N3O2/c10-2-1-3-6(16-8(18)7(17)15-3)4(5(2)14)9(11,12)13/h1H,14H2,(H,15,17)(H,16,18). The Labute approximate surface area is 101 Å². The second kappa shape index (κ2) is 3.77. The van der Waals surface area contributed by atoms with Crippen LogP contribution in [0.3, 0.4) is 0 Å². The van der Waals surface area contributed by atoms with Gasteiger partial charge in [-0.1, -0.05) is 11.6 Å². The normalized spacial score (nSPS) is 12.0. The van der Waals surface area contributed by atoms with Gasteiger partial charge in [0, 0.05) is 0 Å². The fourth-order valence-electron chi connectivity index (χ4n) is 1.54. The lowest BCUT2D eigenvalue weighted by atomic mass is 10.1. The zero-order valence-corrected chi connectivity index (χ0v) is 9.24. The zero-order chi connectivity index (χ0) is 13.7. The largest absolute Gasteiger partial charge is 0.420 e. The number of hydrogen-bond acceptors (Lipinski definition) is 3. The molecule has 1 heterocycles. The third kappa shape index (κ3) is 1.84. The number of nitrogen functional groups attached to an aromatic ring is 1. The fraction of sp³-hybridized carbons (Fsp3) is 0.111. The summed E-state index contributed by atoms with van der Waals surface area (Å²) in [5.74, 6) is 0. The summed E-state index contributed by atoms with van der Waals surface area (Å²) in [5.41, 5.74) is 0.150. The summed E-state index contributed by atoms with van der Waals surface area (Å²) in [6.45, 7) is 0. The molecule has 0 saturated heterocycles. The summed E-state index contributed by atoms with van der Waals surface area (Å²) in [6, 6.07) is 1.04. The molecule has 0 spiro atoms. The summed E-state index contributed by atoms with van der Waals surface area (Å²) < 4.78 is 38.5. The molecule has 0 atom stereocenters. The molecule has 1 aromatic carbocycles. The topological polar surface area (TPSA) is 91.7 Å². The maximum atomic E-state index is 12.8. The molecule has 18 heavy (non-hydrogen) atoms. The van der Waals surface area contributed by atoms with Crippen LogP contribution in [0, 0.1) is 0 Å². The van der Waals surface area contributed by atoms with E-state index in [0.717, 1.165) is 6.07 Å². The first kappa shape index (κ1) is 12.5. The summed E-state index contributed by atoms with van der Waals surface area (Å²) in [5, 5.41) is -0.363. The van der Waals surface area contributed by atoms with Gasteiger partial charge in [0.25, 0.3) is 0 Å². The lowest BCUT2D eigenvalue weighted by Gasteiger charge is -2.13. The van der Waals surface area contributed by atoms with Crippen LogP contribution in [0.15, 0.2) is 15.7 Å². The van der Waals surface area contributed by atoms with Gasteiger partial charge in [-0.2, -0.15) is 13.2 Å². The van der Waals surface area contributed by atoms with Crippen molar-refractivity contribution in [3.63, 3.8) is 0 Å². The van der Waals surface area contributed by atoms with Crippen molar-refractivity contribution >= 4 is 28.3 Å². The Bertz CT molecular complexity index is 748. The van der Waals surface area contributed by atoms with E-state index in [1.54, 1.807) is 0 Å². The van der Waals surface area contributed by atoms with Crippen molar-refractivity contribution in [1.29, 1.82) is 0 Å². The number of aromatic amines is 2. The molecule has 96 valence electrons. The molecule has 0 aliphatic rings. The number of fused-ring (bicyclic) bond motifs is 1. The SMILES string of the molecule is Nc1c(Cl)cc2[nH]c(=O)c(=O)[nH]c2c1C(F)(F)F. The summed E-state index contributed by atoms with van der Waals surface area (Å²) in [6.07, 6.45) is -4.81. The number of hydrogen-bond donors (Lipinski definition) is 3. The lowest BCUT2D eigenvalue weighted by molar-refractivity contribution is -0.135. The summed E-state index contributed by atoms with van der Waals surface area (Å²) >= 11 is 5.55. The Morgan fingerprint density at radius 2 is 1.72 bits per heavy atom. The van der Waals surface area contributed by atoms with Crippen LogP contribution in [-0.4, -0.2) is 9.97 Å². The predicted molar refractivity (Wildman–Crippen MR) is 59.6 cm³/mol. The van der Waals surface area contributed by atoms with Gasteiger partial charge < -0.3 is 15.7 Å². The van der Waals surface area contributed by atoms with Gasteiger partial charge in [0.15, 0.2) is 0 Å². The molecule has 0 fully saturated rings. The third-order valence-electron chi connectivity index (χ3n) is 2.29. The van der Waals surface area contributed by atoms with Gasteiger partial charge in [0.05, 0.1) is 21.7 Å². The second-order valence-corrected chi connectivity index (χ2v) is 3.88. The molecule has 2 aromatic rings. The molecule has 0 saturated carbocycles. The Balaban J connectivity index is 3.07. The van der Waals surface area contributed by atoms with Crippen molar-refractivity contribution in [2.24, 2.45) is 0 Å². The first-order valence-corrected chi connectivity index (χ1v) is 4.91. The fourth-order valence-corrected chi connectivity index (χ4v) is 1.74. The smallest absolute Gasteiger partial charge is 0.397 e. The molecule has 0 unspecified atom stereocenters. The van der Waals surface area contributed by atoms with Crippen molar-refractivity contribution in [1.82, 2.24) is 9.97 Å². The number of halogens is 4. The Morgan fingerprint density at radius 3 is 2.28 bits per heavy atom. The highest BCUT2D eigenvalue weighted by molar-refractivity contribution is 6.34. The second-order valence-electron chi connectivity index (χ2n) is 3.48. The van der Waals surface area contributed by atoms with E-state index in [1.807, 2.05) is 9.97 Å². The highest BCUT2D eigenvalue weighted by Crippen LogP contribution is 2.40. The van der Waals surface area contributed by atoms with Crippen molar-refractivity contribution in [2.45, 2.75) is 6.18 Å². The van der Waals surface area contributed by atoms with Gasteiger partial charge in [-0.3, -0.25) is 9.59 Å². The quantitative estimate of drug-likeness (QED) is 0.504. The predicted octanol–water partition coefficient (Wildman–Crippen LogP) is 1.47. The summed E-state index contributed by atoms with van der Waals surface area (Å²) in [7, 11) is 0. The third-order valence-corrected chi connectivity index (χ3v) is 2.61. The number of rotatable bonds is 0. The van der Waals surface area contributed by atoms with E-state index in [-0.39, 0.29) is 10.5 Å². The molecule has 2 rings (SSSR count). The van der Waals surface area contributed by atoms with E-state index in [4.69, 9.17) is 17.3 Å². The van der Waals surface area contributed by atoms with E-state index < -0.39 is 34.1 Å². The van der Waals surface area contributed by atoms with E-state index in [9.17, 15) is 22.8 Å². The number of aromatic nitrogens is 2. The van der Waals surface area contributed by atoms with Gasteiger partial charge in [0.2, 0.25) is 0 Å². The maximum absolute atomic E-state index is 12.8. The van der Waals surface area contributed by atoms with Crippen LogP contribution >= 0.6 is 11.6 Å². The maximum Gasteiger partial charge on any atom is 0.420 e. The molecule has 4 N–H and O–H groups in total. The number of alkyl halides is 3. The van der Waals surface area contributed by atoms with Crippen molar-refractivity contribution < 1.29 is 13.2 Å². The average Bonchev–Trinajstić information content (AvgIpc) is 2.21. The van der Waals surface area contributed by atoms with Gasteiger partial charge in [-0.05, 0) is 6.07 Å². The van der Waals surface area contributed by atoms with Gasteiger partial charge in [-0.15, -0.1) is 0 Å². The summed E-state index contributed by atoms with van der Waals surface area (Å²) in [4.78, 5) is 25.9. The van der Waals surface area contributed by atoms with Crippen LogP contribution in [0.5, 0.6) is 0 Å². The molecule has 0 aliphatic carbocycles.